The molecular formula is C22H30N4O3. The zero-order valence-corrected chi connectivity index (χ0v) is 17.1. The van der Waals surface area contributed by atoms with Crippen LogP contribution in [-0.2, 0) is 16.0 Å². The predicted octanol–water partition coefficient (Wildman–Crippen LogP) is 2.12. The zero-order chi connectivity index (χ0) is 20.1. The lowest BCUT2D eigenvalue weighted by Crippen LogP contribution is -2.50. The molecule has 0 saturated carbocycles. The minimum Gasteiger partial charge on any atom is -0.461 e. The molecule has 2 aromatic rings. The van der Waals surface area contributed by atoms with E-state index in [0.717, 1.165) is 74.7 Å². The summed E-state index contributed by atoms with van der Waals surface area (Å²) >= 11 is 0. The maximum Gasteiger partial charge on any atom is 0.225 e. The Balaban J connectivity index is 1.24. The van der Waals surface area contributed by atoms with E-state index in [4.69, 9.17) is 9.15 Å². The molecule has 1 N–H and O–H groups in total. The maximum atomic E-state index is 12.7. The van der Waals surface area contributed by atoms with Gasteiger partial charge >= 0.3 is 0 Å². The van der Waals surface area contributed by atoms with Crippen LogP contribution in [0.1, 0.15) is 18.6 Å². The zero-order valence-electron chi connectivity index (χ0n) is 17.1. The fourth-order valence-electron chi connectivity index (χ4n) is 4.17. The number of nitrogens with zero attached hydrogens (tertiary/aromatic N) is 3. The number of carbonyl (C=O) groups excluding carboxylic acids is 1. The van der Waals surface area contributed by atoms with E-state index in [-0.39, 0.29) is 5.92 Å². The summed E-state index contributed by atoms with van der Waals surface area (Å²) in [7, 11) is 1.81. The number of hydrogen-bond donors (Lipinski definition) is 1. The summed E-state index contributed by atoms with van der Waals surface area (Å²) in [5, 5.41) is 4.58. The molecule has 7 heteroatoms. The molecule has 0 radical (unpaired) electrons. The molecule has 7 nitrogen and oxygen atoms in total. The number of furan rings is 1. The van der Waals surface area contributed by atoms with Gasteiger partial charge in [0.1, 0.15) is 11.3 Å². The highest BCUT2D eigenvalue weighted by molar-refractivity contribution is 5.82. The number of benzene rings is 1. The molecule has 3 heterocycles. The van der Waals surface area contributed by atoms with Crippen LogP contribution >= 0.6 is 0 Å². The first-order valence-corrected chi connectivity index (χ1v) is 10.5. The molecule has 2 aliphatic rings. The topological polar surface area (TPSA) is 70.3 Å². The van der Waals surface area contributed by atoms with E-state index >= 15 is 0 Å². The number of carbonyl (C=O) groups is 1. The standard InChI is InChI=1S/C22H30N4O3/c1-23-22(24-9-6-19-16-18-4-2-3-5-20(18)29-19)26-10-7-17(8-11-26)21(27)25-12-14-28-15-13-25/h2-5,16-17H,6-15H2,1H3,(H,23,24). The lowest BCUT2D eigenvalue weighted by atomic mass is 9.95. The molecular weight excluding hydrogens is 368 g/mol. The summed E-state index contributed by atoms with van der Waals surface area (Å²) in [5.74, 6) is 2.29. The van der Waals surface area contributed by atoms with Crippen molar-refractivity contribution in [2.24, 2.45) is 10.9 Å². The van der Waals surface area contributed by atoms with Crippen LogP contribution in [0.25, 0.3) is 11.0 Å². The first kappa shape index (κ1) is 19.8. The fourth-order valence-corrected chi connectivity index (χ4v) is 4.17. The molecule has 1 aromatic carbocycles. The van der Waals surface area contributed by atoms with E-state index in [1.807, 2.05) is 30.1 Å². The number of nitrogens with one attached hydrogen (secondary N) is 1. The van der Waals surface area contributed by atoms with E-state index in [9.17, 15) is 4.79 Å². The van der Waals surface area contributed by atoms with Crippen LogP contribution in [0.15, 0.2) is 39.7 Å². The minimum absolute atomic E-state index is 0.123. The van der Waals surface area contributed by atoms with Gasteiger partial charge in [-0.2, -0.15) is 0 Å². The molecule has 2 fully saturated rings. The van der Waals surface area contributed by atoms with Gasteiger partial charge < -0.3 is 24.3 Å². The van der Waals surface area contributed by atoms with Gasteiger partial charge in [0, 0.05) is 57.5 Å². The summed E-state index contributed by atoms with van der Waals surface area (Å²) in [6.45, 7) is 5.24. The Morgan fingerprint density at radius 1 is 1.14 bits per heavy atom. The van der Waals surface area contributed by atoms with Gasteiger partial charge in [0.05, 0.1) is 13.2 Å². The number of morpholine rings is 1. The van der Waals surface area contributed by atoms with Crippen LogP contribution < -0.4 is 5.32 Å². The monoisotopic (exact) mass is 398 g/mol. The van der Waals surface area contributed by atoms with Crippen molar-refractivity contribution in [1.82, 2.24) is 15.1 Å². The number of guanidine groups is 1. The Morgan fingerprint density at radius 2 is 1.90 bits per heavy atom. The van der Waals surface area contributed by atoms with Crippen LogP contribution in [0.3, 0.4) is 0 Å². The number of likely N-dealkylation sites (tertiary alicyclic amines) is 1. The molecule has 156 valence electrons. The van der Waals surface area contributed by atoms with E-state index in [1.165, 1.54) is 0 Å². The van der Waals surface area contributed by atoms with Gasteiger partial charge in [0.2, 0.25) is 5.91 Å². The van der Waals surface area contributed by atoms with E-state index in [2.05, 4.69) is 27.3 Å². The van der Waals surface area contributed by atoms with Crippen molar-refractivity contribution in [3.8, 4) is 0 Å². The van der Waals surface area contributed by atoms with Gasteiger partial charge in [0.15, 0.2) is 5.96 Å². The molecule has 0 spiro atoms. The van der Waals surface area contributed by atoms with E-state index < -0.39 is 0 Å². The number of rotatable bonds is 4. The second kappa shape index (κ2) is 9.31. The van der Waals surface area contributed by atoms with Gasteiger partial charge in [-0.3, -0.25) is 9.79 Å². The number of piperidine rings is 1. The van der Waals surface area contributed by atoms with Crippen molar-refractivity contribution in [2.75, 3.05) is 53.0 Å². The fraction of sp³-hybridized carbons (Fsp3) is 0.545. The first-order chi connectivity index (χ1) is 14.2. The number of hydrogen-bond acceptors (Lipinski definition) is 4. The number of fused-ring (bicyclic) bond motifs is 1. The maximum absolute atomic E-state index is 12.7. The van der Waals surface area contributed by atoms with Crippen molar-refractivity contribution in [3.05, 3.63) is 36.1 Å². The largest absolute Gasteiger partial charge is 0.461 e. The Bertz CT molecular complexity index is 816. The second-order valence-corrected chi connectivity index (χ2v) is 7.67. The molecule has 0 atom stereocenters. The summed E-state index contributed by atoms with van der Waals surface area (Å²) in [6.07, 6.45) is 2.56. The smallest absolute Gasteiger partial charge is 0.225 e. The highest BCUT2D eigenvalue weighted by atomic mass is 16.5. The van der Waals surface area contributed by atoms with Crippen molar-refractivity contribution in [1.29, 1.82) is 0 Å². The summed E-state index contributed by atoms with van der Waals surface area (Å²) in [5.41, 5.74) is 0.930. The quantitative estimate of drug-likeness (QED) is 0.631. The molecule has 4 rings (SSSR count). The van der Waals surface area contributed by atoms with Crippen molar-refractivity contribution < 1.29 is 13.9 Å². The summed E-state index contributed by atoms with van der Waals surface area (Å²) in [6, 6.07) is 10.2. The third-order valence-electron chi connectivity index (χ3n) is 5.81. The molecule has 2 saturated heterocycles. The third kappa shape index (κ3) is 4.72. The van der Waals surface area contributed by atoms with Gasteiger partial charge in [0.25, 0.3) is 0 Å². The molecule has 2 aliphatic heterocycles. The van der Waals surface area contributed by atoms with Crippen molar-refractivity contribution >= 4 is 22.8 Å². The molecule has 0 aliphatic carbocycles. The summed E-state index contributed by atoms with van der Waals surface area (Å²) < 4.78 is 11.2. The normalized spacial score (nSPS) is 19.0. The summed E-state index contributed by atoms with van der Waals surface area (Å²) in [4.78, 5) is 21.3. The van der Waals surface area contributed by atoms with Crippen LogP contribution in [-0.4, -0.2) is 74.7 Å². The number of ether oxygens (including phenoxy) is 1. The second-order valence-electron chi connectivity index (χ2n) is 7.67. The molecule has 1 amide bonds. The minimum atomic E-state index is 0.123. The SMILES string of the molecule is CN=C(NCCc1cc2ccccc2o1)N1CCC(C(=O)N2CCOCC2)CC1. The van der Waals surface area contributed by atoms with Crippen LogP contribution in [0.2, 0.25) is 0 Å². The van der Waals surface area contributed by atoms with Crippen LogP contribution in [0.5, 0.6) is 0 Å². The first-order valence-electron chi connectivity index (χ1n) is 10.5. The van der Waals surface area contributed by atoms with Crippen LogP contribution in [0.4, 0.5) is 0 Å². The van der Waals surface area contributed by atoms with Gasteiger partial charge in [-0.25, -0.2) is 0 Å². The van der Waals surface area contributed by atoms with E-state index in [0.29, 0.717) is 19.1 Å². The van der Waals surface area contributed by atoms with Gasteiger partial charge in [-0.15, -0.1) is 0 Å². The van der Waals surface area contributed by atoms with Gasteiger partial charge in [-0.05, 0) is 25.0 Å². The Hall–Kier alpha value is -2.54. The van der Waals surface area contributed by atoms with E-state index in [1.54, 1.807) is 0 Å². The highest BCUT2D eigenvalue weighted by Gasteiger charge is 2.30. The Kier molecular flexibility index (Phi) is 6.34. The van der Waals surface area contributed by atoms with Gasteiger partial charge in [-0.1, -0.05) is 18.2 Å². The number of amides is 1. The molecule has 1 aromatic heterocycles. The van der Waals surface area contributed by atoms with Crippen molar-refractivity contribution in [2.45, 2.75) is 19.3 Å². The number of para-hydroxylation sites is 1. The molecule has 0 unspecified atom stereocenters. The average molecular weight is 399 g/mol. The average Bonchev–Trinajstić information content (AvgIpc) is 3.20. The third-order valence-corrected chi connectivity index (χ3v) is 5.81. The predicted molar refractivity (Wildman–Crippen MR) is 113 cm³/mol. The Labute approximate surface area is 171 Å². The lowest BCUT2D eigenvalue weighted by Gasteiger charge is -2.36. The lowest BCUT2D eigenvalue weighted by molar-refractivity contribution is -0.140. The van der Waals surface area contributed by atoms with Crippen molar-refractivity contribution in [3.63, 3.8) is 0 Å². The highest BCUT2D eigenvalue weighted by Crippen LogP contribution is 2.21. The molecule has 0 bridgehead atoms. The Morgan fingerprint density at radius 3 is 2.62 bits per heavy atom. The number of aliphatic imine (C=N–C) groups is 1. The van der Waals surface area contributed by atoms with Crippen LogP contribution in [0, 0.1) is 5.92 Å². The molecule has 29 heavy (non-hydrogen) atoms.